The van der Waals surface area contributed by atoms with E-state index in [1.165, 1.54) is 6.07 Å². The number of fused-ring (bicyclic) bond motifs is 1. The van der Waals surface area contributed by atoms with Gasteiger partial charge in [0, 0.05) is 34.9 Å². The summed E-state index contributed by atoms with van der Waals surface area (Å²) in [5.74, 6) is -0.212. The van der Waals surface area contributed by atoms with Gasteiger partial charge in [-0.3, -0.25) is 4.79 Å². The standard InChI is InChI=1S/C17H15ClFNO/c1-11(21)12-3-5-17-13(8-12)6-7-20(17)10-14-2-4-15(18)9-16(14)19/h2-5,8-9H,6-7,10H2,1H3. The maximum atomic E-state index is 13.9. The zero-order valence-electron chi connectivity index (χ0n) is 11.7. The van der Waals surface area contributed by atoms with Crippen molar-refractivity contribution in [2.75, 3.05) is 11.4 Å². The fraction of sp³-hybridized carbons (Fsp3) is 0.235. The number of Topliss-reactive ketones (excluding diaryl/α,β-unsaturated/α-hetero) is 1. The molecule has 0 saturated carbocycles. The van der Waals surface area contributed by atoms with Crippen LogP contribution >= 0.6 is 11.6 Å². The molecule has 1 aliphatic rings. The number of halogens is 2. The van der Waals surface area contributed by atoms with E-state index >= 15 is 0 Å². The van der Waals surface area contributed by atoms with Gasteiger partial charge >= 0.3 is 0 Å². The van der Waals surface area contributed by atoms with Gasteiger partial charge in [0.05, 0.1) is 0 Å². The second-order valence-corrected chi connectivity index (χ2v) is 5.74. The smallest absolute Gasteiger partial charge is 0.159 e. The van der Waals surface area contributed by atoms with E-state index in [2.05, 4.69) is 4.90 Å². The fourth-order valence-electron chi connectivity index (χ4n) is 2.71. The summed E-state index contributed by atoms with van der Waals surface area (Å²) in [6.45, 7) is 2.91. The minimum Gasteiger partial charge on any atom is -0.367 e. The van der Waals surface area contributed by atoms with Crippen LogP contribution in [0.4, 0.5) is 10.1 Å². The summed E-state index contributed by atoms with van der Waals surface area (Å²) in [6.07, 6.45) is 0.881. The molecule has 4 heteroatoms. The Labute approximate surface area is 128 Å². The minimum absolute atomic E-state index is 0.0694. The van der Waals surface area contributed by atoms with Gasteiger partial charge < -0.3 is 4.90 Å². The van der Waals surface area contributed by atoms with Gasteiger partial charge in [0.1, 0.15) is 5.82 Å². The molecule has 0 aromatic heterocycles. The molecule has 1 aliphatic heterocycles. The van der Waals surface area contributed by atoms with Crippen LogP contribution in [0.2, 0.25) is 5.02 Å². The van der Waals surface area contributed by atoms with Crippen LogP contribution in [-0.4, -0.2) is 12.3 Å². The lowest BCUT2D eigenvalue weighted by Crippen LogP contribution is -2.20. The molecule has 2 aromatic carbocycles. The molecular weight excluding hydrogens is 289 g/mol. The van der Waals surface area contributed by atoms with Gasteiger partial charge in [-0.1, -0.05) is 17.7 Å². The third-order valence-electron chi connectivity index (χ3n) is 3.85. The summed E-state index contributed by atoms with van der Waals surface area (Å²) < 4.78 is 13.9. The monoisotopic (exact) mass is 303 g/mol. The number of benzene rings is 2. The molecule has 108 valence electrons. The van der Waals surface area contributed by atoms with Crippen molar-refractivity contribution in [1.29, 1.82) is 0 Å². The number of hydrogen-bond donors (Lipinski definition) is 0. The van der Waals surface area contributed by atoms with Crippen molar-refractivity contribution in [3.05, 3.63) is 63.9 Å². The highest BCUT2D eigenvalue weighted by Crippen LogP contribution is 2.31. The number of ketones is 1. The van der Waals surface area contributed by atoms with Crippen LogP contribution in [0.1, 0.15) is 28.4 Å². The molecule has 0 spiro atoms. The molecule has 0 aliphatic carbocycles. The van der Waals surface area contributed by atoms with E-state index in [4.69, 9.17) is 11.6 Å². The predicted molar refractivity (Wildman–Crippen MR) is 82.6 cm³/mol. The first-order chi connectivity index (χ1) is 10.0. The first-order valence-corrected chi connectivity index (χ1v) is 7.25. The van der Waals surface area contributed by atoms with E-state index in [1.807, 2.05) is 18.2 Å². The predicted octanol–water partition coefficient (Wildman–Crippen LogP) is 4.24. The van der Waals surface area contributed by atoms with Gasteiger partial charge in [0.2, 0.25) is 0 Å². The summed E-state index contributed by atoms with van der Waals surface area (Å²) in [5, 5.41) is 0.407. The van der Waals surface area contributed by atoms with Crippen LogP contribution in [0.3, 0.4) is 0 Å². The number of carbonyl (C=O) groups is 1. The zero-order valence-corrected chi connectivity index (χ0v) is 12.5. The molecule has 2 aromatic rings. The lowest BCUT2D eigenvalue weighted by atomic mass is 10.1. The molecule has 0 fully saturated rings. The molecule has 0 bridgehead atoms. The average Bonchev–Trinajstić information content (AvgIpc) is 2.84. The minimum atomic E-state index is -0.281. The van der Waals surface area contributed by atoms with Crippen molar-refractivity contribution >= 4 is 23.1 Å². The van der Waals surface area contributed by atoms with Crippen molar-refractivity contribution in [1.82, 2.24) is 0 Å². The van der Waals surface area contributed by atoms with Crippen molar-refractivity contribution < 1.29 is 9.18 Å². The molecule has 0 atom stereocenters. The lowest BCUT2D eigenvalue weighted by molar-refractivity contribution is 0.101. The largest absolute Gasteiger partial charge is 0.367 e. The SMILES string of the molecule is CC(=O)c1ccc2c(c1)CCN2Cc1ccc(Cl)cc1F. The Morgan fingerprint density at radius 1 is 1.29 bits per heavy atom. The maximum absolute atomic E-state index is 13.9. The Morgan fingerprint density at radius 2 is 2.10 bits per heavy atom. The van der Waals surface area contributed by atoms with Crippen molar-refractivity contribution in [3.8, 4) is 0 Å². The normalized spacial score (nSPS) is 13.4. The Bertz CT molecular complexity index is 714. The molecule has 0 saturated heterocycles. The number of rotatable bonds is 3. The third-order valence-corrected chi connectivity index (χ3v) is 4.09. The molecule has 3 rings (SSSR count). The summed E-state index contributed by atoms with van der Waals surface area (Å²) in [5.41, 5.74) is 3.59. The van der Waals surface area contributed by atoms with Crippen LogP contribution in [0, 0.1) is 5.82 Å². The molecular formula is C17H15ClFNO. The first-order valence-electron chi connectivity index (χ1n) is 6.87. The van der Waals surface area contributed by atoms with Gasteiger partial charge in [-0.15, -0.1) is 0 Å². The molecule has 21 heavy (non-hydrogen) atoms. The molecule has 0 amide bonds. The van der Waals surface area contributed by atoms with Gasteiger partial charge in [0.25, 0.3) is 0 Å². The molecule has 0 unspecified atom stereocenters. The van der Waals surface area contributed by atoms with Crippen LogP contribution in [0.25, 0.3) is 0 Å². The van der Waals surface area contributed by atoms with Gasteiger partial charge in [-0.25, -0.2) is 4.39 Å². The van der Waals surface area contributed by atoms with Crippen molar-refractivity contribution in [2.45, 2.75) is 19.9 Å². The lowest BCUT2D eigenvalue weighted by Gasteiger charge is -2.20. The van der Waals surface area contributed by atoms with Gasteiger partial charge in [-0.05, 0) is 49.2 Å². The molecule has 0 radical (unpaired) electrons. The number of nitrogens with zero attached hydrogens (tertiary/aromatic N) is 1. The van der Waals surface area contributed by atoms with E-state index in [0.29, 0.717) is 17.1 Å². The van der Waals surface area contributed by atoms with E-state index in [-0.39, 0.29) is 11.6 Å². The highest BCUT2D eigenvalue weighted by molar-refractivity contribution is 6.30. The highest BCUT2D eigenvalue weighted by atomic mass is 35.5. The third kappa shape index (κ3) is 2.79. The van der Waals surface area contributed by atoms with E-state index in [0.717, 1.165) is 29.8 Å². The zero-order chi connectivity index (χ0) is 15.0. The quantitative estimate of drug-likeness (QED) is 0.790. The number of carbonyl (C=O) groups excluding carboxylic acids is 1. The number of hydrogen-bond acceptors (Lipinski definition) is 2. The average molecular weight is 304 g/mol. The van der Waals surface area contributed by atoms with Gasteiger partial charge in [0.15, 0.2) is 5.78 Å². The topological polar surface area (TPSA) is 20.3 Å². The highest BCUT2D eigenvalue weighted by Gasteiger charge is 2.21. The van der Waals surface area contributed by atoms with Gasteiger partial charge in [-0.2, -0.15) is 0 Å². The van der Waals surface area contributed by atoms with Crippen LogP contribution in [-0.2, 0) is 13.0 Å². The summed E-state index contributed by atoms with van der Waals surface area (Å²) >= 11 is 5.78. The second-order valence-electron chi connectivity index (χ2n) is 5.31. The summed E-state index contributed by atoms with van der Waals surface area (Å²) in [6, 6.07) is 10.5. The van der Waals surface area contributed by atoms with E-state index < -0.39 is 0 Å². The summed E-state index contributed by atoms with van der Waals surface area (Å²) in [7, 11) is 0. The van der Waals surface area contributed by atoms with Crippen LogP contribution < -0.4 is 4.90 Å². The molecule has 1 heterocycles. The van der Waals surface area contributed by atoms with E-state index in [1.54, 1.807) is 19.1 Å². The van der Waals surface area contributed by atoms with Crippen molar-refractivity contribution in [2.24, 2.45) is 0 Å². The van der Waals surface area contributed by atoms with Crippen LogP contribution in [0.15, 0.2) is 36.4 Å². The summed E-state index contributed by atoms with van der Waals surface area (Å²) in [4.78, 5) is 13.5. The Hall–Kier alpha value is -1.87. The Balaban J connectivity index is 1.86. The molecule has 0 N–H and O–H groups in total. The first kappa shape index (κ1) is 14.1. The second kappa shape index (κ2) is 5.49. The Morgan fingerprint density at radius 3 is 2.81 bits per heavy atom. The number of anilines is 1. The fourth-order valence-corrected chi connectivity index (χ4v) is 2.87. The Kier molecular flexibility index (Phi) is 3.68. The van der Waals surface area contributed by atoms with Crippen molar-refractivity contribution in [3.63, 3.8) is 0 Å². The molecule has 2 nitrogen and oxygen atoms in total. The van der Waals surface area contributed by atoms with E-state index in [9.17, 15) is 9.18 Å². The maximum Gasteiger partial charge on any atom is 0.159 e. The van der Waals surface area contributed by atoms with Crippen LogP contribution in [0.5, 0.6) is 0 Å².